The number of halogens is 1. The topological polar surface area (TPSA) is 58.6 Å². The van der Waals surface area contributed by atoms with Crippen molar-refractivity contribution in [2.45, 2.75) is 78.4 Å². The van der Waals surface area contributed by atoms with Gasteiger partial charge < -0.3 is 15.2 Å². The van der Waals surface area contributed by atoms with Gasteiger partial charge in [-0.3, -0.25) is 0 Å². The third-order valence-corrected chi connectivity index (χ3v) is 5.36. The molecule has 0 saturated carbocycles. The van der Waals surface area contributed by atoms with Crippen LogP contribution in [0.2, 0.25) is 0 Å². The van der Waals surface area contributed by atoms with Crippen LogP contribution in [0.1, 0.15) is 66.7 Å². The molecule has 1 rings (SSSR count). The predicted octanol–water partition coefficient (Wildman–Crippen LogP) is 5.76. The van der Waals surface area contributed by atoms with Gasteiger partial charge >= 0.3 is 6.09 Å². The summed E-state index contributed by atoms with van der Waals surface area (Å²) in [6.07, 6.45) is 11.6. The van der Waals surface area contributed by atoms with Gasteiger partial charge in [0, 0.05) is 18.8 Å². The van der Waals surface area contributed by atoms with Gasteiger partial charge in [-0.15, -0.1) is 11.6 Å². The molecule has 0 aromatic carbocycles. The van der Waals surface area contributed by atoms with Gasteiger partial charge in [0.1, 0.15) is 6.10 Å². The summed E-state index contributed by atoms with van der Waals surface area (Å²) < 4.78 is 5.56. The van der Waals surface area contributed by atoms with Crippen LogP contribution in [0.15, 0.2) is 35.5 Å². The largest absolute Gasteiger partial charge is 0.442 e. The molecule has 0 fully saturated rings. The van der Waals surface area contributed by atoms with Gasteiger partial charge in [-0.05, 0) is 64.4 Å². The molecule has 0 aliphatic heterocycles. The van der Waals surface area contributed by atoms with Gasteiger partial charge in [0.2, 0.25) is 0 Å². The molecule has 0 radical (unpaired) electrons. The maximum Gasteiger partial charge on any atom is 0.407 e. The zero-order chi connectivity index (χ0) is 21.2. The van der Waals surface area contributed by atoms with Crippen LogP contribution in [-0.4, -0.2) is 35.3 Å². The van der Waals surface area contributed by atoms with E-state index in [0.717, 1.165) is 31.3 Å². The van der Waals surface area contributed by atoms with E-state index in [4.69, 9.17) is 16.3 Å². The molecule has 0 heterocycles. The number of carbonyl (C=O) groups is 1. The minimum atomic E-state index is -1.06. The van der Waals surface area contributed by atoms with Gasteiger partial charge in [-0.2, -0.15) is 0 Å². The average Bonchev–Trinajstić information content (AvgIpc) is 2.58. The van der Waals surface area contributed by atoms with Crippen molar-refractivity contribution >= 4 is 17.7 Å². The number of alkyl carbamates (subject to hydrolysis) is 1. The number of allylic oxidation sites excluding steroid dienone is 4. The summed E-state index contributed by atoms with van der Waals surface area (Å²) in [5.41, 5.74) is 1.50. The summed E-state index contributed by atoms with van der Waals surface area (Å²) in [6.45, 7) is 10.8. The lowest BCUT2D eigenvalue weighted by Gasteiger charge is -2.26. The number of alkyl halides is 1. The van der Waals surface area contributed by atoms with E-state index in [0.29, 0.717) is 30.7 Å². The Balaban J connectivity index is 3.06. The lowest BCUT2D eigenvalue weighted by Crippen LogP contribution is -2.34. The fraction of sp³-hybridized carbons (Fsp3) is 0.696. The maximum absolute atomic E-state index is 12.0. The summed E-state index contributed by atoms with van der Waals surface area (Å²) >= 11 is 5.62. The lowest BCUT2D eigenvalue weighted by atomic mass is 9.86. The number of amides is 1. The van der Waals surface area contributed by atoms with Crippen LogP contribution in [0.5, 0.6) is 0 Å². The van der Waals surface area contributed by atoms with Crippen LogP contribution >= 0.6 is 11.6 Å². The smallest absolute Gasteiger partial charge is 0.407 e. The Kier molecular flexibility index (Phi) is 10.9. The van der Waals surface area contributed by atoms with Gasteiger partial charge in [0.25, 0.3) is 0 Å². The molecule has 5 heteroatoms. The average molecular weight is 412 g/mol. The maximum atomic E-state index is 12.0. The predicted molar refractivity (Wildman–Crippen MR) is 118 cm³/mol. The summed E-state index contributed by atoms with van der Waals surface area (Å²) in [4.78, 5) is 12.0. The van der Waals surface area contributed by atoms with E-state index in [1.54, 1.807) is 6.92 Å². The van der Waals surface area contributed by atoms with E-state index in [9.17, 15) is 9.90 Å². The molecule has 4 nitrogen and oxygen atoms in total. The van der Waals surface area contributed by atoms with Crippen LogP contribution in [0.3, 0.4) is 0 Å². The molecule has 1 amide bonds. The number of ether oxygens (including phenoxy) is 1. The Morgan fingerprint density at radius 3 is 2.71 bits per heavy atom. The second kappa shape index (κ2) is 12.3. The van der Waals surface area contributed by atoms with E-state index in [2.05, 4.69) is 38.2 Å². The highest BCUT2D eigenvalue weighted by Crippen LogP contribution is 2.26. The molecule has 1 aliphatic carbocycles. The molecule has 3 atom stereocenters. The fourth-order valence-corrected chi connectivity index (χ4v) is 3.46. The van der Waals surface area contributed by atoms with E-state index >= 15 is 0 Å². The highest BCUT2D eigenvalue weighted by molar-refractivity contribution is 6.18. The molecule has 0 saturated heterocycles. The highest BCUT2D eigenvalue weighted by atomic mass is 35.5. The monoisotopic (exact) mass is 411 g/mol. The normalized spacial score (nSPS) is 32.4. The van der Waals surface area contributed by atoms with Gasteiger partial charge in [0.05, 0.1) is 5.60 Å². The zero-order valence-corrected chi connectivity index (χ0v) is 18.9. The third-order valence-electron chi connectivity index (χ3n) is 5.17. The Bertz CT molecular complexity index is 578. The van der Waals surface area contributed by atoms with Crippen LogP contribution in [0, 0.1) is 11.8 Å². The fourth-order valence-electron chi connectivity index (χ4n) is 3.36. The molecule has 160 valence electrons. The van der Waals surface area contributed by atoms with E-state index < -0.39 is 17.8 Å². The summed E-state index contributed by atoms with van der Waals surface area (Å²) in [5.74, 6) is 1.24. The van der Waals surface area contributed by atoms with E-state index in [1.807, 2.05) is 19.1 Å². The van der Waals surface area contributed by atoms with Crippen LogP contribution < -0.4 is 5.32 Å². The molecule has 1 aliphatic rings. The molecule has 0 unspecified atom stereocenters. The third kappa shape index (κ3) is 10.3. The minimum absolute atomic E-state index is 0.314. The molecule has 0 spiro atoms. The Labute approximate surface area is 176 Å². The molecular weight excluding hydrogens is 374 g/mol. The number of hydrogen-bond acceptors (Lipinski definition) is 3. The van der Waals surface area contributed by atoms with Gasteiger partial charge in [-0.25, -0.2) is 4.79 Å². The van der Waals surface area contributed by atoms with Crippen molar-refractivity contribution in [2.75, 3.05) is 12.4 Å². The molecule has 28 heavy (non-hydrogen) atoms. The lowest BCUT2D eigenvalue weighted by molar-refractivity contribution is 0.0430. The van der Waals surface area contributed by atoms with Crippen LogP contribution in [0.25, 0.3) is 0 Å². The first-order chi connectivity index (χ1) is 13.1. The van der Waals surface area contributed by atoms with Crippen molar-refractivity contribution in [2.24, 2.45) is 11.8 Å². The zero-order valence-electron chi connectivity index (χ0n) is 18.1. The second-order valence-electron chi connectivity index (χ2n) is 8.53. The molecular formula is C23H38ClNO3. The first-order valence-corrected chi connectivity index (χ1v) is 10.9. The van der Waals surface area contributed by atoms with Gasteiger partial charge in [0.15, 0.2) is 0 Å². The summed E-state index contributed by atoms with van der Waals surface area (Å²) in [6, 6.07) is 0. The standard InChI is InChI=1S/C23H38ClNO3/c1-17(2)20-10-9-18(3)7-6-8-19(4)15-21(16-23(5,27)12-11-20)28-22(26)25-14-13-24/h7,11-12,15,17,20-21,27H,6,8-10,13-14,16H2,1-5H3,(H,25,26)/b12-11+,18-7+,19-15-/t20-,21+,23-/m1/s1. The van der Waals surface area contributed by atoms with Gasteiger partial charge in [-0.1, -0.05) is 43.2 Å². The minimum Gasteiger partial charge on any atom is -0.442 e. The quantitative estimate of drug-likeness (QED) is 0.457. The first-order valence-electron chi connectivity index (χ1n) is 10.4. The molecule has 0 aromatic heterocycles. The summed E-state index contributed by atoms with van der Waals surface area (Å²) in [5, 5.41) is 13.5. The second-order valence-corrected chi connectivity index (χ2v) is 8.91. The van der Waals surface area contributed by atoms with Crippen molar-refractivity contribution in [1.29, 1.82) is 0 Å². The van der Waals surface area contributed by atoms with Crippen LogP contribution in [-0.2, 0) is 4.74 Å². The number of hydrogen-bond donors (Lipinski definition) is 2. The Hall–Kier alpha value is -1.26. The molecule has 0 bridgehead atoms. The van der Waals surface area contributed by atoms with Crippen molar-refractivity contribution < 1.29 is 14.6 Å². The summed E-state index contributed by atoms with van der Waals surface area (Å²) in [7, 11) is 0. The van der Waals surface area contributed by atoms with E-state index in [-0.39, 0.29) is 0 Å². The SMILES string of the molecule is C/C1=C/[C@H](OC(=O)NCCCl)C[C@](C)(O)/C=C/[C@H](C(C)C)CC/C(C)=C/CC1. The van der Waals surface area contributed by atoms with Crippen LogP contribution in [0.4, 0.5) is 4.79 Å². The number of nitrogens with one attached hydrogen (secondary N) is 1. The number of carbonyl (C=O) groups excluding carboxylic acids is 1. The molecule has 0 aromatic rings. The molecule has 2 N–H and O–H groups in total. The first kappa shape index (κ1) is 24.8. The number of aliphatic hydroxyl groups is 1. The Morgan fingerprint density at radius 2 is 2.07 bits per heavy atom. The Morgan fingerprint density at radius 1 is 1.36 bits per heavy atom. The number of rotatable bonds is 4. The van der Waals surface area contributed by atoms with Crippen molar-refractivity contribution in [1.82, 2.24) is 5.32 Å². The van der Waals surface area contributed by atoms with Crippen molar-refractivity contribution in [3.8, 4) is 0 Å². The van der Waals surface area contributed by atoms with Crippen molar-refractivity contribution in [3.05, 3.63) is 35.5 Å². The highest BCUT2D eigenvalue weighted by Gasteiger charge is 2.25. The van der Waals surface area contributed by atoms with E-state index in [1.165, 1.54) is 5.57 Å². The van der Waals surface area contributed by atoms with Crippen molar-refractivity contribution in [3.63, 3.8) is 0 Å².